The van der Waals surface area contributed by atoms with Crippen molar-refractivity contribution in [1.82, 2.24) is 0 Å². The minimum atomic E-state index is 0.331. The van der Waals surface area contributed by atoms with Crippen LogP contribution in [0.5, 0.6) is 0 Å². The molecule has 0 aliphatic heterocycles. The maximum Gasteiger partial charge on any atom is 0.0716 e. The lowest BCUT2D eigenvalue weighted by atomic mass is 10.2. The van der Waals surface area contributed by atoms with E-state index in [1.807, 2.05) is 0 Å². The average molecular weight is 135 g/mol. The molecule has 0 aromatic carbocycles. The summed E-state index contributed by atoms with van der Waals surface area (Å²) in [6, 6.07) is 0. The number of aliphatic hydroxyl groups excluding tert-OH is 1. The highest BCUT2D eigenvalue weighted by atomic mass is 28.2. The summed E-state index contributed by atoms with van der Waals surface area (Å²) in [6.07, 6.45) is 0.931. The van der Waals surface area contributed by atoms with E-state index in [0.29, 0.717) is 12.5 Å². The van der Waals surface area contributed by atoms with E-state index in [0.717, 1.165) is 16.8 Å². The summed E-state index contributed by atoms with van der Waals surface area (Å²) in [5.74, 6) is 0.648. The molecule has 8 heavy (non-hydrogen) atoms. The largest absolute Gasteiger partial charge is 0.396 e. The number of rotatable bonds is 2. The first-order valence-corrected chi connectivity index (χ1v) is 4.11. The van der Waals surface area contributed by atoms with E-state index in [-0.39, 0.29) is 0 Å². The van der Waals surface area contributed by atoms with Gasteiger partial charge in [0.05, 0.1) is 10.4 Å². The Kier molecular flexibility index (Phi) is 14.0. The molecule has 0 saturated heterocycles. The maximum atomic E-state index is 8.24. The molecule has 0 atom stereocenters. The van der Waals surface area contributed by atoms with Crippen molar-refractivity contribution >= 4 is 10.4 Å². The normalized spacial score (nSPS) is 8.62. The van der Waals surface area contributed by atoms with Crippen molar-refractivity contribution in [3.63, 3.8) is 0 Å². The van der Waals surface area contributed by atoms with Crippen LogP contribution in [0.2, 0.25) is 0 Å². The van der Waals surface area contributed by atoms with E-state index in [9.17, 15) is 0 Å². The summed E-state index contributed by atoms with van der Waals surface area (Å²) in [5.41, 5.74) is 0. The SMILES string of the molecule is CC(C)CCO.N[SiH3]. The van der Waals surface area contributed by atoms with Crippen LogP contribution in [0.15, 0.2) is 0 Å². The van der Waals surface area contributed by atoms with E-state index in [1.54, 1.807) is 0 Å². The molecule has 3 heteroatoms. The van der Waals surface area contributed by atoms with Crippen LogP contribution in [0.4, 0.5) is 0 Å². The van der Waals surface area contributed by atoms with Gasteiger partial charge < -0.3 is 10.5 Å². The molecule has 2 nitrogen and oxygen atoms in total. The van der Waals surface area contributed by atoms with E-state index < -0.39 is 0 Å². The summed E-state index contributed by atoms with van der Waals surface area (Å²) in [5, 5.41) is 12.9. The van der Waals surface area contributed by atoms with Crippen LogP contribution in [0.1, 0.15) is 20.3 Å². The zero-order chi connectivity index (χ0) is 6.99. The van der Waals surface area contributed by atoms with Crippen molar-refractivity contribution in [2.24, 2.45) is 11.3 Å². The van der Waals surface area contributed by atoms with Crippen molar-refractivity contribution in [3.8, 4) is 0 Å². The van der Waals surface area contributed by atoms with Gasteiger partial charge in [-0.15, -0.1) is 0 Å². The van der Waals surface area contributed by atoms with Gasteiger partial charge in [0.25, 0.3) is 0 Å². The summed E-state index contributed by atoms with van der Waals surface area (Å²) in [4.78, 5) is 0. The lowest BCUT2D eigenvalue weighted by Gasteiger charge is -1.95. The molecule has 0 spiro atoms. The number of hydrogen-bond donors (Lipinski definition) is 2. The van der Waals surface area contributed by atoms with E-state index in [2.05, 4.69) is 19.2 Å². The van der Waals surface area contributed by atoms with Crippen molar-refractivity contribution in [2.45, 2.75) is 20.3 Å². The van der Waals surface area contributed by atoms with Crippen LogP contribution in [0, 0.1) is 5.92 Å². The molecular weight excluding hydrogens is 118 g/mol. The third-order valence-corrected chi connectivity index (χ3v) is 0.706. The number of hydrogen-bond acceptors (Lipinski definition) is 2. The van der Waals surface area contributed by atoms with Crippen molar-refractivity contribution in [3.05, 3.63) is 0 Å². The predicted molar refractivity (Wildman–Crippen MR) is 40.7 cm³/mol. The Morgan fingerprint density at radius 3 is 1.88 bits per heavy atom. The molecule has 0 aromatic rings. The second-order valence-corrected chi connectivity index (χ2v) is 1.91. The van der Waals surface area contributed by atoms with Crippen LogP contribution in [0.3, 0.4) is 0 Å². The van der Waals surface area contributed by atoms with Gasteiger partial charge in [0.2, 0.25) is 0 Å². The Morgan fingerprint density at radius 2 is 1.88 bits per heavy atom. The highest BCUT2D eigenvalue weighted by molar-refractivity contribution is 6.02. The van der Waals surface area contributed by atoms with Crippen molar-refractivity contribution in [1.29, 1.82) is 0 Å². The van der Waals surface area contributed by atoms with Crippen molar-refractivity contribution < 1.29 is 5.11 Å². The first-order chi connectivity index (χ1) is 3.77. The fraction of sp³-hybridized carbons (Fsp3) is 1.00. The Balaban J connectivity index is 0. The molecule has 3 N–H and O–H groups in total. The van der Waals surface area contributed by atoms with Gasteiger partial charge in [0.15, 0.2) is 0 Å². The first kappa shape index (κ1) is 11.0. The fourth-order valence-corrected chi connectivity index (χ4v) is 0.258. The van der Waals surface area contributed by atoms with Gasteiger partial charge in [-0.3, -0.25) is 0 Å². The highest BCUT2D eigenvalue weighted by Gasteiger charge is 1.86. The summed E-state index contributed by atoms with van der Waals surface area (Å²) >= 11 is 0. The standard InChI is InChI=1S/C5H12O.H5NSi/c1-5(2)3-4-6;1-2/h5-6H,3-4H2,1-2H3;1H2,2H3. The molecule has 0 radical (unpaired) electrons. The molecule has 0 fully saturated rings. The molecule has 0 aliphatic rings. The van der Waals surface area contributed by atoms with E-state index in [4.69, 9.17) is 5.11 Å². The molecule has 0 amide bonds. The minimum absolute atomic E-state index is 0.331. The third-order valence-electron chi connectivity index (χ3n) is 0.706. The Morgan fingerprint density at radius 1 is 1.50 bits per heavy atom. The van der Waals surface area contributed by atoms with Crippen LogP contribution in [0.25, 0.3) is 0 Å². The van der Waals surface area contributed by atoms with Crippen LogP contribution < -0.4 is 5.40 Å². The topological polar surface area (TPSA) is 46.2 Å². The maximum absolute atomic E-state index is 8.24. The van der Waals surface area contributed by atoms with E-state index in [1.165, 1.54) is 0 Å². The Bertz CT molecular complexity index is 33.6. The minimum Gasteiger partial charge on any atom is -0.396 e. The zero-order valence-electron chi connectivity index (χ0n) is 6.02. The molecule has 0 aliphatic carbocycles. The van der Waals surface area contributed by atoms with Crippen LogP contribution in [-0.2, 0) is 0 Å². The van der Waals surface area contributed by atoms with Gasteiger partial charge in [-0.05, 0) is 12.3 Å². The average Bonchev–Trinajstić information content (AvgIpc) is 1.72. The van der Waals surface area contributed by atoms with Gasteiger partial charge in [-0.25, -0.2) is 0 Å². The number of aliphatic hydroxyl groups is 1. The van der Waals surface area contributed by atoms with Crippen LogP contribution in [-0.4, -0.2) is 22.1 Å². The van der Waals surface area contributed by atoms with Gasteiger partial charge in [0, 0.05) is 6.61 Å². The molecule has 52 valence electrons. The lowest BCUT2D eigenvalue weighted by molar-refractivity contribution is 0.268. The quantitative estimate of drug-likeness (QED) is 0.489. The highest BCUT2D eigenvalue weighted by Crippen LogP contribution is 1.94. The molecule has 0 unspecified atom stereocenters. The lowest BCUT2D eigenvalue weighted by Crippen LogP contribution is -1.89. The fourth-order valence-electron chi connectivity index (χ4n) is 0.258. The second-order valence-electron chi connectivity index (χ2n) is 1.91. The summed E-state index contributed by atoms with van der Waals surface area (Å²) in [6.45, 7) is 4.52. The summed E-state index contributed by atoms with van der Waals surface area (Å²) in [7, 11) is 0.806. The van der Waals surface area contributed by atoms with Gasteiger partial charge >= 0.3 is 0 Å². The first-order valence-electron chi connectivity index (χ1n) is 2.96. The van der Waals surface area contributed by atoms with Gasteiger partial charge in [-0.2, -0.15) is 0 Å². The third kappa shape index (κ3) is 16.5. The molecule has 0 rings (SSSR count). The Labute approximate surface area is 54.6 Å². The van der Waals surface area contributed by atoms with Crippen molar-refractivity contribution in [2.75, 3.05) is 6.61 Å². The molecule has 0 aromatic heterocycles. The van der Waals surface area contributed by atoms with Gasteiger partial charge in [-0.1, -0.05) is 13.8 Å². The smallest absolute Gasteiger partial charge is 0.0716 e. The molecular formula is C5H17NOSi. The van der Waals surface area contributed by atoms with E-state index >= 15 is 0 Å². The molecule has 0 bridgehead atoms. The Hall–Kier alpha value is 0.137. The summed E-state index contributed by atoms with van der Waals surface area (Å²) < 4.78 is 0. The number of nitrogens with two attached hydrogens (primary N) is 1. The second kappa shape index (κ2) is 10.2. The van der Waals surface area contributed by atoms with Crippen LogP contribution >= 0.6 is 0 Å². The predicted octanol–water partition coefficient (Wildman–Crippen LogP) is -0.750. The molecule has 0 saturated carbocycles. The zero-order valence-corrected chi connectivity index (χ0v) is 8.02. The monoisotopic (exact) mass is 135 g/mol. The van der Waals surface area contributed by atoms with Gasteiger partial charge in [0.1, 0.15) is 0 Å². The molecule has 0 heterocycles.